The minimum atomic E-state index is 0.354. The average Bonchev–Trinajstić information content (AvgIpc) is 2.50. The molecule has 0 aromatic heterocycles. The highest BCUT2D eigenvalue weighted by molar-refractivity contribution is 7.80. The van der Waals surface area contributed by atoms with Crippen molar-refractivity contribution < 1.29 is 4.74 Å². The standard InChI is InChI=1S/C9H18N2OS/c1-7(2)10-9(13)11-5-4-8(6-11)12-3/h7-8H,4-6H2,1-3H3,(H,10,13)/t8-/m1/s1. The fourth-order valence-corrected chi connectivity index (χ4v) is 1.84. The van der Waals surface area contributed by atoms with Gasteiger partial charge in [0.25, 0.3) is 0 Å². The average molecular weight is 202 g/mol. The molecule has 1 saturated heterocycles. The molecule has 0 bridgehead atoms. The van der Waals surface area contributed by atoms with Crippen LogP contribution in [0.4, 0.5) is 0 Å². The summed E-state index contributed by atoms with van der Waals surface area (Å²) in [6, 6.07) is 0.411. The first-order chi connectivity index (χ1) is 6.13. The number of thiocarbonyl (C=S) groups is 1. The normalized spacial score (nSPS) is 22.5. The van der Waals surface area contributed by atoms with Gasteiger partial charge in [0.2, 0.25) is 0 Å². The van der Waals surface area contributed by atoms with E-state index >= 15 is 0 Å². The van der Waals surface area contributed by atoms with Crippen LogP contribution in [0.25, 0.3) is 0 Å². The second-order valence-corrected chi connectivity index (χ2v) is 4.08. The predicted molar refractivity (Wildman–Crippen MR) is 57.9 cm³/mol. The third-order valence-corrected chi connectivity index (χ3v) is 2.55. The van der Waals surface area contributed by atoms with Gasteiger partial charge in [0.05, 0.1) is 6.10 Å². The van der Waals surface area contributed by atoms with Crippen molar-refractivity contribution in [1.29, 1.82) is 0 Å². The molecule has 0 amide bonds. The van der Waals surface area contributed by atoms with E-state index in [2.05, 4.69) is 24.1 Å². The maximum atomic E-state index is 5.27. The van der Waals surface area contributed by atoms with E-state index in [1.165, 1.54) is 0 Å². The van der Waals surface area contributed by atoms with E-state index < -0.39 is 0 Å². The first kappa shape index (κ1) is 10.7. The molecule has 1 aliphatic rings. The molecule has 1 heterocycles. The molecule has 0 aromatic rings. The van der Waals surface area contributed by atoms with Gasteiger partial charge in [-0.15, -0.1) is 0 Å². The van der Waals surface area contributed by atoms with Gasteiger partial charge >= 0.3 is 0 Å². The number of rotatable bonds is 2. The summed E-state index contributed by atoms with van der Waals surface area (Å²) in [5.74, 6) is 0. The van der Waals surface area contributed by atoms with E-state index in [-0.39, 0.29) is 0 Å². The highest BCUT2D eigenvalue weighted by atomic mass is 32.1. The molecule has 0 aromatic carbocycles. The lowest BCUT2D eigenvalue weighted by molar-refractivity contribution is 0.114. The summed E-state index contributed by atoms with van der Waals surface area (Å²) in [5, 5.41) is 4.09. The zero-order chi connectivity index (χ0) is 9.84. The maximum Gasteiger partial charge on any atom is 0.169 e. The number of likely N-dealkylation sites (tertiary alicyclic amines) is 1. The Balaban J connectivity index is 2.33. The fourth-order valence-electron chi connectivity index (χ4n) is 1.44. The highest BCUT2D eigenvalue weighted by Gasteiger charge is 2.23. The van der Waals surface area contributed by atoms with E-state index in [0.717, 1.165) is 24.6 Å². The van der Waals surface area contributed by atoms with Crippen LogP contribution in [0, 0.1) is 0 Å². The summed E-state index contributed by atoms with van der Waals surface area (Å²) >= 11 is 5.25. The molecule has 1 aliphatic heterocycles. The third-order valence-electron chi connectivity index (χ3n) is 2.18. The molecule has 0 radical (unpaired) electrons. The topological polar surface area (TPSA) is 24.5 Å². The van der Waals surface area contributed by atoms with Crippen LogP contribution in [0.3, 0.4) is 0 Å². The smallest absolute Gasteiger partial charge is 0.169 e. The number of ether oxygens (including phenoxy) is 1. The van der Waals surface area contributed by atoms with Crippen molar-refractivity contribution in [3.05, 3.63) is 0 Å². The first-order valence-corrected chi connectivity index (χ1v) is 5.12. The molecule has 0 unspecified atom stereocenters. The Labute approximate surface area is 85.4 Å². The van der Waals surface area contributed by atoms with Gasteiger partial charge in [0.1, 0.15) is 0 Å². The van der Waals surface area contributed by atoms with Crippen LogP contribution in [0.5, 0.6) is 0 Å². The fraction of sp³-hybridized carbons (Fsp3) is 0.889. The molecule has 0 spiro atoms. The van der Waals surface area contributed by atoms with Crippen molar-refractivity contribution in [2.45, 2.75) is 32.4 Å². The Morgan fingerprint density at radius 2 is 2.31 bits per heavy atom. The lowest BCUT2D eigenvalue weighted by atomic mass is 10.3. The zero-order valence-corrected chi connectivity index (χ0v) is 9.36. The van der Waals surface area contributed by atoms with E-state index in [4.69, 9.17) is 17.0 Å². The molecule has 3 nitrogen and oxygen atoms in total. The molecule has 13 heavy (non-hydrogen) atoms. The van der Waals surface area contributed by atoms with E-state index in [9.17, 15) is 0 Å². The monoisotopic (exact) mass is 202 g/mol. The van der Waals surface area contributed by atoms with E-state index in [1.807, 2.05) is 0 Å². The lowest BCUT2D eigenvalue weighted by Crippen LogP contribution is -2.41. The molecular weight excluding hydrogens is 184 g/mol. The van der Waals surface area contributed by atoms with E-state index in [1.54, 1.807) is 7.11 Å². The van der Waals surface area contributed by atoms with Crippen LogP contribution in [-0.4, -0.2) is 42.4 Å². The quantitative estimate of drug-likeness (QED) is 0.675. The minimum absolute atomic E-state index is 0.354. The maximum absolute atomic E-state index is 5.27. The molecule has 4 heteroatoms. The second-order valence-electron chi connectivity index (χ2n) is 3.70. The Bertz CT molecular complexity index is 184. The number of hydrogen-bond donors (Lipinski definition) is 1. The van der Waals surface area contributed by atoms with Crippen LogP contribution in [0.1, 0.15) is 20.3 Å². The van der Waals surface area contributed by atoms with Crippen LogP contribution in [-0.2, 0) is 4.74 Å². The summed E-state index contributed by atoms with van der Waals surface area (Å²) < 4.78 is 5.27. The van der Waals surface area contributed by atoms with Gasteiger partial charge in [-0.3, -0.25) is 0 Å². The summed E-state index contributed by atoms with van der Waals surface area (Å²) in [7, 11) is 1.76. The Morgan fingerprint density at radius 3 is 2.77 bits per heavy atom. The lowest BCUT2D eigenvalue weighted by Gasteiger charge is -2.21. The van der Waals surface area contributed by atoms with Gasteiger partial charge in [-0.1, -0.05) is 0 Å². The van der Waals surface area contributed by atoms with Crippen molar-refractivity contribution in [2.24, 2.45) is 0 Å². The highest BCUT2D eigenvalue weighted by Crippen LogP contribution is 2.11. The molecule has 1 atom stereocenters. The molecule has 76 valence electrons. The van der Waals surface area contributed by atoms with Crippen LogP contribution >= 0.6 is 12.2 Å². The van der Waals surface area contributed by atoms with Crippen LogP contribution in [0.15, 0.2) is 0 Å². The Kier molecular flexibility index (Phi) is 3.93. The summed E-state index contributed by atoms with van der Waals surface area (Å²) in [6.07, 6.45) is 1.43. The third kappa shape index (κ3) is 3.12. The summed E-state index contributed by atoms with van der Waals surface area (Å²) in [6.45, 7) is 6.12. The number of hydrogen-bond acceptors (Lipinski definition) is 2. The summed E-state index contributed by atoms with van der Waals surface area (Å²) in [5.41, 5.74) is 0. The SMILES string of the molecule is CO[C@@H]1CCN(C(=S)NC(C)C)C1. The molecule has 1 fully saturated rings. The Morgan fingerprint density at radius 1 is 1.62 bits per heavy atom. The van der Waals surface area contributed by atoms with Gasteiger partial charge in [-0.2, -0.15) is 0 Å². The van der Waals surface area contributed by atoms with Gasteiger partial charge in [-0.25, -0.2) is 0 Å². The zero-order valence-electron chi connectivity index (χ0n) is 8.54. The number of methoxy groups -OCH3 is 1. The van der Waals surface area contributed by atoms with Crippen molar-refractivity contribution in [1.82, 2.24) is 10.2 Å². The Hall–Kier alpha value is -0.350. The van der Waals surface area contributed by atoms with Crippen molar-refractivity contribution in [3.63, 3.8) is 0 Å². The predicted octanol–water partition coefficient (Wildman–Crippen LogP) is 0.990. The van der Waals surface area contributed by atoms with E-state index in [0.29, 0.717) is 12.1 Å². The minimum Gasteiger partial charge on any atom is -0.380 e. The van der Waals surface area contributed by atoms with Crippen molar-refractivity contribution >= 4 is 17.3 Å². The molecule has 0 aliphatic carbocycles. The van der Waals surface area contributed by atoms with Crippen molar-refractivity contribution in [2.75, 3.05) is 20.2 Å². The largest absolute Gasteiger partial charge is 0.380 e. The molecular formula is C9H18N2OS. The van der Waals surface area contributed by atoms with Gasteiger partial charge in [-0.05, 0) is 32.5 Å². The second kappa shape index (κ2) is 4.77. The van der Waals surface area contributed by atoms with Crippen LogP contribution < -0.4 is 5.32 Å². The number of nitrogens with one attached hydrogen (secondary N) is 1. The van der Waals surface area contributed by atoms with Gasteiger partial charge < -0.3 is 15.0 Å². The van der Waals surface area contributed by atoms with Crippen LogP contribution in [0.2, 0.25) is 0 Å². The first-order valence-electron chi connectivity index (χ1n) is 4.71. The number of nitrogens with zero attached hydrogens (tertiary/aromatic N) is 1. The molecule has 1 rings (SSSR count). The van der Waals surface area contributed by atoms with Gasteiger partial charge in [0, 0.05) is 26.2 Å². The summed E-state index contributed by atoms with van der Waals surface area (Å²) in [4.78, 5) is 2.17. The molecule has 1 N–H and O–H groups in total. The van der Waals surface area contributed by atoms with Gasteiger partial charge in [0.15, 0.2) is 5.11 Å². The van der Waals surface area contributed by atoms with Crippen molar-refractivity contribution in [3.8, 4) is 0 Å². The molecule has 0 saturated carbocycles.